The minimum atomic E-state index is 0.0375. The van der Waals surface area contributed by atoms with E-state index in [1.54, 1.807) is 0 Å². The largest absolute Gasteiger partial charge is 0.358 e. The molecule has 2 nitrogen and oxygen atoms in total. The minimum Gasteiger partial charge on any atom is -0.358 e. The Kier molecular flexibility index (Phi) is 3.14. The zero-order chi connectivity index (χ0) is 10.9. The Bertz CT molecular complexity index is 341. The first-order valence-corrected chi connectivity index (χ1v) is 5.97. The summed E-state index contributed by atoms with van der Waals surface area (Å²) in [7, 11) is 0. The molecule has 0 aliphatic carbocycles. The summed E-state index contributed by atoms with van der Waals surface area (Å²) in [5.41, 5.74) is 1.42. The third kappa shape index (κ3) is 2.80. The van der Waals surface area contributed by atoms with Gasteiger partial charge in [-0.25, -0.2) is 0 Å². The van der Waals surface area contributed by atoms with Gasteiger partial charge < -0.3 is 4.74 Å². The first kappa shape index (κ1) is 11.1. The van der Waals surface area contributed by atoms with E-state index in [4.69, 9.17) is 4.74 Å². The molecule has 0 amide bonds. The van der Waals surface area contributed by atoms with E-state index in [1.165, 1.54) is 5.56 Å². The van der Waals surface area contributed by atoms with Crippen LogP contribution in [-0.4, -0.2) is 13.2 Å². The molecule has 1 saturated heterocycles. The Morgan fingerprint density at radius 1 is 1.47 bits per heavy atom. The van der Waals surface area contributed by atoms with Gasteiger partial charge in [-0.15, -0.1) is 0 Å². The lowest BCUT2D eigenvalue weighted by Crippen LogP contribution is -2.42. The standard InChI is InChI=1S/C12H16BrNO/c1-12(2)7-14-11(15-8-12)9-4-3-5-10(13)6-9/h3-6,11,14H,7-8H2,1-2H3. The van der Waals surface area contributed by atoms with E-state index in [2.05, 4.69) is 47.2 Å². The predicted octanol–water partition coefficient (Wildman–Crippen LogP) is 3.09. The summed E-state index contributed by atoms with van der Waals surface area (Å²) >= 11 is 3.47. The molecule has 82 valence electrons. The molecule has 2 rings (SSSR count). The van der Waals surface area contributed by atoms with Gasteiger partial charge in [0.1, 0.15) is 6.23 Å². The Labute approximate surface area is 99.1 Å². The van der Waals surface area contributed by atoms with E-state index < -0.39 is 0 Å². The van der Waals surface area contributed by atoms with Gasteiger partial charge in [0.2, 0.25) is 0 Å². The minimum absolute atomic E-state index is 0.0375. The molecule has 3 heteroatoms. The highest BCUT2D eigenvalue weighted by molar-refractivity contribution is 9.10. The Morgan fingerprint density at radius 2 is 2.27 bits per heavy atom. The third-order valence-corrected chi connectivity index (χ3v) is 3.05. The molecule has 1 atom stereocenters. The fraction of sp³-hybridized carbons (Fsp3) is 0.500. The van der Waals surface area contributed by atoms with Gasteiger partial charge in [0.15, 0.2) is 0 Å². The normalized spacial score (nSPS) is 25.1. The zero-order valence-corrected chi connectivity index (χ0v) is 10.7. The van der Waals surface area contributed by atoms with E-state index in [0.29, 0.717) is 0 Å². The summed E-state index contributed by atoms with van der Waals surface area (Å²) in [6, 6.07) is 8.23. The van der Waals surface area contributed by atoms with Gasteiger partial charge in [0, 0.05) is 16.4 Å². The average Bonchev–Trinajstić information content (AvgIpc) is 2.17. The number of rotatable bonds is 1. The first-order valence-electron chi connectivity index (χ1n) is 5.17. The van der Waals surface area contributed by atoms with Crippen molar-refractivity contribution in [3.8, 4) is 0 Å². The summed E-state index contributed by atoms with van der Waals surface area (Å²) in [6.07, 6.45) is 0.0375. The number of nitrogens with one attached hydrogen (secondary N) is 1. The van der Waals surface area contributed by atoms with Crippen LogP contribution in [0.4, 0.5) is 0 Å². The molecule has 1 fully saturated rings. The molecule has 0 spiro atoms. The quantitative estimate of drug-likeness (QED) is 0.846. The smallest absolute Gasteiger partial charge is 0.134 e. The predicted molar refractivity (Wildman–Crippen MR) is 64.6 cm³/mol. The number of halogens is 1. The summed E-state index contributed by atoms with van der Waals surface area (Å²) < 4.78 is 6.90. The maximum absolute atomic E-state index is 5.80. The molecule has 1 N–H and O–H groups in total. The molecule has 1 aliphatic rings. The lowest BCUT2D eigenvalue weighted by atomic mass is 9.93. The van der Waals surface area contributed by atoms with Gasteiger partial charge in [0.25, 0.3) is 0 Å². The van der Waals surface area contributed by atoms with Crippen molar-refractivity contribution in [1.82, 2.24) is 5.32 Å². The first-order chi connectivity index (χ1) is 7.07. The number of hydrogen-bond donors (Lipinski definition) is 1. The monoisotopic (exact) mass is 269 g/mol. The van der Waals surface area contributed by atoms with Crippen LogP contribution < -0.4 is 5.32 Å². The van der Waals surface area contributed by atoms with Crippen LogP contribution in [-0.2, 0) is 4.74 Å². The fourth-order valence-electron chi connectivity index (χ4n) is 1.67. The van der Waals surface area contributed by atoms with E-state index in [9.17, 15) is 0 Å². The second-order valence-corrected chi connectivity index (χ2v) is 5.71. The van der Waals surface area contributed by atoms with Gasteiger partial charge in [-0.3, -0.25) is 5.32 Å². The highest BCUT2D eigenvalue weighted by Crippen LogP contribution is 2.27. The molecule has 1 unspecified atom stereocenters. The molecule has 1 aromatic rings. The second kappa shape index (κ2) is 4.24. The number of ether oxygens (including phenoxy) is 1. The highest BCUT2D eigenvalue weighted by Gasteiger charge is 2.27. The van der Waals surface area contributed by atoms with Crippen LogP contribution in [0.1, 0.15) is 25.6 Å². The molecule has 1 aromatic carbocycles. The second-order valence-electron chi connectivity index (χ2n) is 4.79. The van der Waals surface area contributed by atoms with Crippen molar-refractivity contribution in [2.24, 2.45) is 5.41 Å². The maximum atomic E-state index is 5.80. The molecule has 0 aromatic heterocycles. The Hall–Kier alpha value is -0.380. The van der Waals surface area contributed by atoms with Crippen LogP contribution >= 0.6 is 15.9 Å². The fourth-order valence-corrected chi connectivity index (χ4v) is 2.09. The molecule has 0 radical (unpaired) electrons. The average molecular weight is 270 g/mol. The topological polar surface area (TPSA) is 21.3 Å². The van der Waals surface area contributed by atoms with Crippen molar-refractivity contribution in [1.29, 1.82) is 0 Å². The molecule has 0 saturated carbocycles. The van der Waals surface area contributed by atoms with Crippen molar-refractivity contribution >= 4 is 15.9 Å². The molecular weight excluding hydrogens is 254 g/mol. The number of hydrogen-bond acceptors (Lipinski definition) is 2. The molecule has 15 heavy (non-hydrogen) atoms. The summed E-state index contributed by atoms with van der Waals surface area (Å²) in [6.45, 7) is 6.20. The van der Waals surface area contributed by atoms with Crippen LogP contribution in [0.3, 0.4) is 0 Å². The third-order valence-electron chi connectivity index (χ3n) is 2.56. The number of benzene rings is 1. The van der Waals surface area contributed by atoms with E-state index in [0.717, 1.165) is 17.6 Å². The lowest BCUT2D eigenvalue weighted by molar-refractivity contribution is -0.0595. The van der Waals surface area contributed by atoms with Crippen molar-refractivity contribution < 1.29 is 4.74 Å². The Morgan fingerprint density at radius 3 is 2.87 bits per heavy atom. The van der Waals surface area contributed by atoms with Crippen LogP contribution in [0.5, 0.6) is 0 Å². The van der Waals surface area contributed by atoms with E-state index in [1.807, 2.05) is 12.1 Å². The van der Waals surface area contributed by atoms with Gasteiger partial charge in [-0.2, -0.15) is 0 Å². The Balaban J connectivity index is 2.08. The summed E-state index contributed by atoms with van der Waals surface area (Å²) in [4.78, 5) is 0. The molecule has 1 heterocycles. The van der Waals surface area contributed by atoms with Crippen LogP contribution in [0, 0.1) is 5.41 Å². The van der Waals surface area contributed by atoms with Crippen molar-refractivity contribution in [3.05, 3.63) is 34.3 Å². The van der Waals surface area contributed by atoms with E-state index in [-0.39, 0.29) is 11.6 Å². The van der Waals surface area contributed by atoms with Crippen LogP contribution in [0.25, 0.3) is 0 Å². The summed E-state index contributed by atoms with van der Waals surface area (Å²) in [5, 5.41) is 3.41. The zero-order valence-electron chi connectivity index (χ0n) is 9.09. The van der Waals surface area contributed by atoms with Crippen molar-refractivity contribution in [2.45, 2.75) is 20.1 Å². The van der Waals surface area contributed by atoms with Crippen molar-refractivity contribution in [3.63, 3.8) is 0 Å². The van der Waals surface area contributed by atoms with Crippen LogP contribution in [0.2, 0.25) is 0 Å². The summed E-state index contributed by atoms with van der Waals surface area (Å²) in [5.74, 6) is 0. The van der Waals surface area contributed by atoms with Gasteiger partial charge in [-0.1, -0.05) is 41.9 Å². The molecule has 1 aliphatic heterocycles. The molecular formula is C12H16BrNO. The SMILES string of the molecule is CC1(C)CNC(c2cccc(Br)c2)OC1. The highest BCUT2D eigenvalue weighted by atomic mass is 79.9. The van der Waals surface area contributed by atoms with E-state index >= 15 is 0 Å². The van der Waals surface area contributed by atoms with Crippen molar-refractivity contribution in [2.75, 3.05) is 13.2 Å². The lowest BCUT2D eigenvalue weighted by Gasteiger charge is -2.35. The van der Waals surface area contributed by atoms with Gasteiger partial charge >= 0.3 is 0 Å². The van der Waals surface area contributed by atoms with Gasteiger partial charge in [0.05, 0.1) is 6.61 Å². The van der Waals surface area contributed by atoms with Crippen LogP contribution in [0.15, 0.2) is 28.7 Å². The maximum Gasteiger partial charge on any atom is 0.134 e. The van der Waals surface area contributed by atoms with Gasteiger partial charge in [-0.05, 0) is 17.7 Å². The molecule has 0 bridgehead atoms.